The first-order valence-electron chi connectivity index (χ1n) is 3.76. The van der Waals surface area contributed by atoms with Gasteiger partial charge in [0.15, 0.2) is 0 Å². The van der Waals surface area contributed by atoms with Gasteiger partial charge in [-0.25, -0.2) is 0 Å². The van der Waals surface area contributed by atoms with Gasteiger partial charge in [0, 0.05) is 16.6 Å². The Morgan fingerprint density at radius 1 is 1.50 bits per heavy atom. The monoisotopic (exact) mass is 225 g/mol. The molecule has 1 aliphatic heterocycles. The van der Waals surface area contributed by atoms with Gasteiger partial charge < -0.3 is 5.32 Å². The molecule has 12 heavy (non-hydrogen) atoms. The molecular formula is C9H8BrNO. The highest BCUT2D eigenvalue weighted by Gasteiger charge is 2.21. The highest BCUT2D eigenvalue weighted by atomic mass is 79.9. The van der Waals surface area contributed by atoms with Crippen LogP contribution in [0.4, 0.5) is 0 Å². The minimum Gasteiger partial charge on any atom is -0.348 e. The summed E-state index contributed by atoms with van der Waals surface area (Å²) in [5.41, 5.74) is 2.97. The second-order valence-electron chi connectivity index (χ2n) is 2.89. The fourth-order valence-electron chi connectivity index (χ4n) is 1.47. The maximum Gasteiger partial charge on any atom is 0.252 e. The van der Waals surface area contributed by atoms with Gasteiger partial charge >= 0.3 is 0 Å². The number of rotatable bonds is 0. The second kappa shape index (κ2) is 2.59. The van der Waals surface area contributed by atoms with Gasteiger partial charge in [-0.1, -0.05) is 22.0 Å². The molecule has 0 unspecified atom stereocenters. The Bertz CT molecular complexity index is 360. The van der Waals surface area contributed by atoms with E-state index in [1.165, 1.54) is 0 Å². The van der Waals surface area contributed by atoms with Crippen LogP contribution in [0.5, 0.6) is 0 Å². The first-order valence-corrected chi connectivity index (χ1v) is 4.55. The molecule has 62 valence electrons. The first-order chi connectivity index (χ1) is 5.70. The molecule has 0 radical (unpaired) electrons. The lowest BCUT2D eigenvalue weighted by Gasteiger charge is -2.02. The minimum absolute atomic E-state index is 0.0452. The Labute approximate surface area is 79.1 Å². The van der Waals surface area contributed by atoms with E-state index in [1.54, 1.807) is 0 Å². The fraction of sp³-hybridized carbons (Fsp3) is 0.222. The quantitative estimate of drug-likeness (QED) is 0.720. The number of amides is 1. The van der Waals surface area contributed by atoms with E-state index >= 15 is 0 Å². The summed E-state index contributed by atoms with van der Waals surface area (Å²) >= 11 is 3.40. The molecule has 1 amide bonds. The van der Waals surface area contributed by atoms with Crippen LogP contribution in [-0.2, 0) is 6.54 Å². The average molecular weight is 226 g/mol. The molecule has 1 aromatic rings. The van der Waals surface area contributed by atoms with Crippen molar-refractivity contribution >= 4 is 21.8 Å². The number of hydrogen-bond acceptors (Lipinski definition) is 1. The number of carbonyl (C=O) groups is 1. The number of hydrogen-bond donors (Lipinski definition) is 1. The van der Waals surface area contributed by atoms with Crippen LogP contribution in [0.3, 0.4) is 0 Å². The molecule has 1 aromatic carbocycles. The zero-order valence-electron chi connectivity index (χ0n) is 6.65. The molecule has 0 fully saturated rings. The zero-order chi connectivity index (χ0) is 8.72. The summed E-state index contributed by atoms with van der Waals surface area (Å²) in [6, 6.07) is 3.96. The number of carbonyl (C=O) groups excluding carboxylic acids is 1. The molecule has 0 saturated carbocycles. The van der Waals surface area contributed by atoms with Crippen LogP contribution < -0.4 is 5.32 Å². The second-order valence-corrected chi connectivity index (χ2v) is 3.74. The Hall–Kier alpha value is -0.830. The van der Waals surface area contributed by atoms with Gasteiger partial charge in [-0.15, -0.1) is 0 Å². The number of benzene rings is 1. The van der Waals surface area contributed by atoms with Gasteiger partial charge in [0.05, 0.1) is 0 Å². The average Bonchev–Trinajstić information content (AvgIpc) is 2.41. The van der Waals surface area contributed by atoms with Crippen molar-refractivity contribution in [2.45, 2.75) is 13.5 Å². The summed E-state index contributed by atoms with van der Waals surface area (Å²) < 4.78 is 0.998. The van der Waals surface area contributed by atoms with E-state index < -0.39 is 0 Å². The van der Waals surface area contributed by atoms with E-state index in [1.807, 2.05) is 19.1 Å². The SMILES string of the molecule is Cc1c(Br)ccc2c1C(=O)NC2. The third-order valence-electron chi connectivity index (χ3n) is 2.15. The standard InChI is InChI=1S/C9H8BrNO/c1-5-7(10)3-2-6-4-11-9(12)8(5)6/h2-3H,4H2,1H3,(H,11,12). The summed E-state index contributed by atoms with van der Waals surface area (Å²) in [7, 11) is 0. The molecule has 0 atom stereocenters. The van der Waals surface area contributed by atoms with E-state index in [9.17, 15) is 4.79 Å². The number of nitrogens with one attached hydrogen (secondary N) is 1. The molecule has 1 N–H and O–H groups in total. The maximum atomic E-state index is 11.3. The first kappa shape index (κ1) is 7.80. The van der Waals surface area contributed by atoms with Crippen LogP contribution in [0, 0.1) is 6.92 Å². The molecule has 1 aliphatic rings. The van der Waals surface area contributed by atoms with Crippen LogP contribution >= 0.6 is 15.9 Å². The predicted molar refractivity (Wildman–Crippen MR) is 50.0 cm³/mol. The Kier molecular flexibility index (Phi) is 1.68. The Morgan fingerprint density at radius 2 is 2.25 bits per heavy atom. The summed E-state index contributed by atoms with van der Waals surface area (Å²) in [4.78, 5) is 11.3. The molecule has 0 bridgehead atoms. The van der Waals surface area contributed by atoms with Crippen molar-refractivity contribution in [1.29, 1.82) is 0 Å². The zero-order valence-corrected chi connectivity index (χ0v) is 8.23. The molecule has 2 nitrogen and oxygen atoms in total. The lowest BCUT2D eigenvalue weighted by molar-refractivity contribution is 0.0965. The minimum atomic E-state index is 0.0452. The fourth-order valence-corrected chi connectivity index (χ4v) is 1.80. The highest BCUT2D eigenvalue weighted by Crippen LogP contribution is 2.25. The molecule has 0 saturated heterocycles. The summed E-state index contributed by atoms with van der Waals surface area (Å²) in [6.45, 7) is 2.62. The van der Waals surface area contributed by atoms with Crippen LogP contribution in [0.2, 0.25) is 0 Å². The molecule has 0 aromatic heterocycles. The molecule has 1 heterocycles. The molecule has 3 heteroatoms. The molecule has 0 aliphatic carbocycles. The van der Waals surface area contributed by atoms with Crippen molar-refractivity contribution < 1.29 is 4.79 Å². The molecule has 0 spiro atoms. The van der Waals surface area contributed by atoms with E-state index in [4.69, 9.17) is 0 Å². The smallest absolute Gasteiger partial charge is 0.252 e. The lowest BCUT2D eigenvalue weighted by atomic mass is 10.0. The van der Waals surface area contributed by atoms with Crippen molar-refractivity contribution in [3.05, 3.63) is 33.3 Å². The number of fused-ring (bicyclic) bond motifs is 1. The van der Waals surface area contributed by atoms with Crippen LogP contribution in [0.25, 0.3) is 0 Å². The van der Waals surface area contributed by atoms with Gasteiger partial charge in [-0.05, 0) is 24.1 Å². The van der Waals surface area contributed by atoms with Crippen LogP contribution in [0.1, 0.15) is 21.5 Å². The highest BCUT2D eigenvalue weighted by molar-refractivity contribution is 9.10. The van der Waals surface area contributed by atoms with Gasteiger partial charge in [-0.2, -0.15) is 0 Å². The van der Waals surface area contributed by atoms with E-state index in [0.717, 1.165) is 21.2 Å². The van der Waals surface area contributed by atoms with Gasteiger partial charge in [0.25, 0.3) is 5.91 Å². The van der Waals surface area contributed by atoms with E-state index in [0.29, 0.717) is 6.54 Å². The summed E-state index contributed by atoms with van der Waals surface area (Å²) in [5, 5.41) is 2.79. The maximum absolute atomic E-state index is 11.3. The van der Waals surface area contributed by atoms with Crippen molar-refractivity contribution in [3.63, 3.8) is 0 Å². The van der Waals surface area contributed by atoms with Gasteiger partial charge in [0.1, 0.15) is 0 Å². The van der Waals surface area contributed by atoms with Gasteiger partial charge in [-0.3, -0.25) is 4.79 Å². The Balaban J connectivity index is 2.71. The largest absolute Gasteiger partial charge is 0.348 e. The van der Waals surface area contributed by atoms with E-state index in [-0.39, 0.29) is 5.91 Å². The normalized spacial score (nSPS) is 14.3. The van der Waals surface area contributed by atoms with Crippen molar-refractivity contribution in [2.24, 2.45) is 0 Å². The van der Waals surface area contributed by atoms with Crippen molar-refractivity contribution in [1.82, 2.24) is 5.32 Å². The molecule has 2 rings (SSSR count). The summed E-state index contributed by atoms with van der Waals surface area (Å²) in [5.74, 6) is 0.0452. The number of halogens is 1. The van der Waals surface area contributed by atoms with Crippen LogP contribution in [0.15, 0.2) is 16.6 Å². The van der Waals surface area contributed by atoms with Crippen molar-refractivity contribution in [2.75, 3.05) is 0 Å². The predicted octanol–water partition coefficient (Wildman–Crippen LogP) is 2.00. The van der Waals surface area contributed by atoms with Crippen LogP contribution in [-0.4, -0.2) is 5.91 Å². The third-order valence-corrected chi connectivity index (χ3v) is 3.01. The van der Waals surface area contributed by atoms with E-state index in [2.05, 4.69) is 21.2 Å². The summed E-state index contributed by atoms with van der Waals surface area (Å²) in [6.07, 6.45) is 0. The Morgan fingerprint density at radius 3 is 3.00 bits per heavy atom. The van der Waals surface area contributed by atoms with Gasteiger partial charge in [0.2, 0.25) is 0 Å². The molecular weight excluding hydrogens is 218 g/mol. The topological polar surface area (TPSA) is 29.1 Å². The lowest BCUT2D eigenvalue weighted by Crippen LogP contribution is -2.13. The van der Waals surface area contributed by atoms with Crippen molar-refractivity contribution in [3.8, 4) is 0 Å². The third kappa shape index (κ3) is 0.966.